The second kappa shape index (κ2) is 6.14. The maximum absolute atomic E-state index is 12.7. The van der Waals surface area contributed by atoms with E-state index in [2.05, 4.69) is 20.2 Å². The zero-order valence-corrected chi connectivity index (χ0v) is 15.6. The number of sulfone groups is 1. The fourth-order valence-electron chi connectivity index (χ4n) is 3.89. The molecule has 3 heterocycles. The zero-order valence-electron chi connectivity index (χ0n) is 14.8. The van der Waals surface area contributed by atoms with Crippen LogP contribution < -0.4 is 0 Å². The summed E-state index contributed by atoms with van der Waals surface area (Å²) in [6.07, 6.45) is 5.02. The van der Waals surface area contributed by atoms with Crippen molar-refractivity contribution >= 4 is 26.6 Å². The van der Waals surface area contributed by atoms with Gasteiger partial charge in [-0.15, -0.1) is 10.2 Å². The first-order valence-corrected chi connectivity index (χ1v) is 10.6. The zero-order chi connectivity index (χ0) is 19.3. The van der Waals surface area contributed by atoms with E-state index < -0.39 is 9.84 Å². The largest absolute Gasteiger partial charge is 0.345 e. The summed E-state index contributed by atoms with van der Waals surface area (Å²) < 4.78 is 27.3. The number of fused-ring (bicyclic) bond motifs is 3. The summed E-state index contributed by atoms with van der Waals surface area (Å²) in [4.78, 5) is 7.67. The van der Waals surface area contributed by atoms with E-state index in [0.29, 0.717) is 11.2 Å². The fourth-order valence-corrected chi connectivity index (χ4v) is 5.52. The van der Waals surface area contributed by atoms with Crippen LogP contribution >= 0.6 is 0 Å². The lowest BCUT2D eigenvalue weighted by molar-refractivity contribution is 0.279. The van der Waals surface area contributed by atoms with Gasteiger partial charge in [0.2, 0.25) is 0 Å². The van der Waals surface area contributed by atoms with E-state index in [9.17, 15) is 8.42 Å². The van der Waals surface area contributed by atoms with Gasteiger partial charge in [-0.2, -0.15) is 5.26 Å². The van der Waals surface area contributed by atoms with Crippen LogP contribution in [0.2, 0.25) is 0 Å². The first-order chi connectivity index (χ1) is 13.5. The number of hydrogen-bond acceptors (Lipinski definition) is 6. The van der Waals surface area contributed by atoms with Gasteiger partial charge in [0, 0.05) is 12.1 Å². The Morgan fingerprint density at radius 1 is 1.18 bits per heavy atom. The minimum atomic E-state index is -3.37. The molecule has 0 atom stereocenters. The SMILES string of the molecule is N#Cc1ccc(S(=O)(=O)CC2CC(c3nnc4cnc5[nH]ccc5n34)C2)cc1. The van der Waals surface area contributed by atoms with Crippen molar-refractivity contribution in [1.82, 2.24) is 24.6 Å². The lowest BCUT2D eigenvalue weighted by Gasteiger charge is -2.33. The molecule has 1 aliphatic carbocycles. The molecule has 28 heavy (non-hydrogen) atoms. The van der Waals surface area contributed by atoms with Crippen molar-refractivity contribution < 1.29 is 8.42 Å². The standard InChI is InChI=1S/C19H16N6O2S/c20-9-12-1-3-15(4-2-12)28(26,27)11-13-7-14(8-13)19-24-23-17-10-22-18-16(25(17)19)5-6-21-18/h1-6,10,13-14,21H,7-8,11H2. The van der Waals surface area contributed by atoms with Crippen molar-refractivity contribution in [3.8, 4) is 6.07 Å². The van der Waals surface area contributed by atoms with E-state index in [4.69, 9.17) is 5.26 Å². The van der Waals surface area contributed by atoms with Crippen molar-refractivity contribution in [2.75, 3.05) is 5.75 Å². The predicted molar refractivity (Wildman–Crippen MR) is 101 cm³/mol. The molecule has 1 aliphatic rings. The van der Waals surface area contributed by atoms with Crippen LogP contribution in [-0.2, 0) is 9.84 Å². The molecular weight excluding hydrogens is 376 g/mol. The molecule has 8 nitrogen and oxygen atoms in total. The Labute approximate surface area is 160 Å². The first-order valence-electron chi connectivity index (χ1n) is 8.95. The molecular formula is C19H16N6O2S. The molecule has 0 radical (unpaired) electrons. The van der Waals surface area contributed by atoms with E-state index in [0.717, 1.165) is 29.8 Å². The predicted octanol–water partition coefficient (Wildman–Crippen LogP) is 2.44. The van der Waals surface area contributed by atoms with Crippen LogP contribution in [0.4, 0.5) is 0 Å². The molecule has 5 rings (SSSR count). The van der Waals surface area contributed by atoms with Gasteiger partial charge in [0.25, 0.3) is 0 Å². The number of benzene rings is 1. The molecule has 0 unspecified atom stereocenters. The summed E-state index contributed by atoms with van der Waals surface area (Å²) in [5.41, 5.74) is 2.83. The summed E-state index contributed by atoms with van der Waals surface area (Å²) in [6, 6.07) is 10.0. The van der Waals surface area contributed by atoms with Gasteiger partial charge in [-0.1, -0.05) is 0 Å². The minimum Gasteiger partial charge on any atom is -0.345 e. The highest BCUT2D eigenvalue weighted by molar-refractivity contribution is 7.91. The van der Waals surface area contributed by atoms with Crippen LogP contribution in [0.5, 0.6) is 0 Å². The third-order valence-corrected chi connectivity index (χ3v) is 7.27. The lowest BCUT2D eigenvalue weighted by Crippen LogP contribution is -2.29. The molecule has 1 fully saturated rings. The van der Waals surface area contributed by atoms with Gasteiger partial charge in [0.15, 0.2) is 21.1 Å². The lowest BCUT2D eigenvalue weighted by atomic mass is 9.75. The molecule has 1 aromatic carbocycles. The highest BCUT2D eigenvalue weighted by Gasteiger charge is 2.37. The minimum absolute atomic E-state index is 0.0848. The average Bonchev–Trinajstić information content (AvgIpc) is 3.30. The summed E-state index contributed by atoms with van der Waals surface area (Å²) in [7, 11) is -3.37. The fraction of sp³-hybridized carbons (Fsp3) is 0.263. The maximum Gasteiger partial charge on any atom is 0.179 e. The highest BCUT2D eigenvalue weighted by atomic mass is 32.2. The van der Waals surface area contributed by atoms with Gasteiger partial charge in [-0.25, -0.2) is 13.4 Å². The van der Waals surface area contributed by atoms with Crippen LogP contribution in [0.3, 0.4) is 0 Å². The summed E-state index contributed by atoms with van der Waals surface area (Å²) in [6.45, 7) is 0. The van der Waals surface area contributed by atoms with Crippen LogP contribution in [0.15, 0.2) is 47.6 Å². The molecule has 0 amide bonds. The van der Waals surface area contributed by atoms with Crippen LogP contribution in [0.25, 0.3) is 16.8 Å². The second-order valence-corrected chi connectivity index (χ2v) is 9.21. The summed E-state index contributed by atoms with van der Waals surface area (Å²) >= 11 is 0. The number of aromatic nitrogens is 5. The van der Waals surface area contributed by atoms with Gasteiger partial charge in [0.05, 0.1) is 34.0 Å². The first kappa shape index (κ1) is 16.9. The Morgan fingerprint density at radius 3 is 2.71 bits per heavy atom. The van der Waals surface area contributed by atoms with E-state index in [-0.39, 0.29) is 22.5 Å². The Balaban J connectivity index is 1.34. The molecule has 0 spiro atoms. The van der Waals surface area contributed by atoms with Gasteiger partial charge in [-0.3, -0.25) is 4.40 Å². The Hall–Kier alpha value is -3.25. The van der Waals surface area contributed by atoms with Crippen molar-refractivity contribution in [2.24, 2.45) is 5.92 Å². The average molecular weight is 392 g/mol. The third-order valence-electron chi connectivity index (χ3n) is 5.37. The van der Waals surface area contributed by atoms with E-state index in [1.54, 1.807) is 6.20 Å². The number of nitrogens with one attached hydrogen (secondary N) is 1. The second-order valence-electron chi connectivity index (χ2n) is 7.17. The Morgan fingerprint density at radius 2 is 1.96 bits per heavy atom. The van der Waals surface area contributed by atoms with Crippen molar-refractivity contribution in [1.29, 1.82) is 5.26 Å². The van der Waals surface area contributed by atoms with Gasteiger partial charge < -0.3 is 4.98 Å². The maximum atomic E-state index is 12.7. The van der Waals surface area contributed by atoms with E-state index >= 15 is 0 Å². The third kappa shape index (κ3) is 2.65. The molecule has 9 heteroatoms. The van der Waals surface area contributed by atoms with Gasteiger partial charge in [-0.05, 0) is 49.1 Å². The normalized spacial score (nSPS) is 19.5. The number of aromatic amines is 1. The van der Waals surface area contributed by atoms with Gasteiger partial charge >= 0.3 is 0 Å². The molecule has 3 aromatic heterocycles. The van der Waals surface area contributed by atoms with Crippen molar-refractivity contribution in [3.63, 3.8) is 0 Å². The van der Waals surface area contributed by atoms with E-state index in [1.807, 2.05) is 22.7 Å². The summed E-state index contributed by atoms with van der Waals surface area (Å²) in [5.74, 6) is 1.22. The number of nitrogens with zero attached hydrogens (tertiary/aromatic N) is 5. The van der Waals surface area contributed by atoms with Gasteiger partial charge in [0.1, 0.15) is 5.82 Å². The highest BCUT2D eigenvalue weighted by Crippen LogP contribution is 2.42. The van der Waals surface area contributed by atoms with Crippen LogP contribution in [0, 0.1) is 17.2 Å². The Kier molecular flexibility index (Phi) is 3.70. The molecule has 140 valence electrons. The molecule has 1 saturated carbocycles. The van der Waals surface area contributed by atoms with Crippen LogP contribution in [-0.4, -0.2) is 38.7 Å². The molecule has 0 aliphatic heterocycles. The van der Waals surface area contributed by atoms with Crippen molar-refractivity contribution in [2.45, 2.75) is 23.7 Å². The summed E-state index contributed by atoms with van der Waals surface area (Å²) in [5, 5.41) is 17.4. The topological polar surface area (TPSA) is 117 Å². The quantitative estimate of drug-likeness (QED) is 0.570. The molecule has 0 saturated heterocycles. The number of H-pyrrole nitrogens is 1. The number of nitriles is 1. The molecule has 4 aromatic rings. The molecule has 1 N–H and O–H groups in total. The smallest absolute Gasteiger partial charge is 0.179 e. The monoisotopic (exact) mass is 392 g/mol. The number of hydrogen-bond donors (Lipinski definition) is 1. The number of rotatable bonds is 4. The van der Waals surface area contributed by atoms with Crippen LogP contribution in [0.1, 0.15) is 30.1 Å². The molecule has 0 bridgehead atoms. The van der Waals surface area contributed by atoms with Crippen molar-refractivity contribution in [3.05, 3.63) is 54.1 Å². The van der Waals surface area contributed by atoms with E-state index in [1.165, 1.54) is 24.3 Å². The Bertz CT molecular complexity index is 1320.